The van der Waals surface area contributed by atoms with Gasteiger partial charge in [-0.25, -0.2) is 14.2 Å². The Morgan fingerprint density at radius 2 is 1.97 bits per heavy atom. The van der Waals surface area contributed by atoms with Crippen molar-refractivity contribution in [1.82, 2.24) is 4.90 Å². The molecule has 2 aliphatic rings. The number of ether oxygens (including phenoxy) is 1. The van der Waals surface area contributed by atoms with E-state index in [1.165, 1.54) is 18.2 Å². The van der Waals surface area contributed by atoms with E-state index in [2.05, 4.69) is 15.2 Å². The fourth-order valence-electron chi connectivity index (χ4n) is 3.88. The molecule has 8 heteroatoms. The summed E-state index contributed by atoms with van der Waals surface area (Å²) in [6, 6.07) is 12.8. The first kappa shape index (κ1) is 22.1. The van der Waals surface area contributed by atoms with Crippen LogP contribution >= 0.6 is 11.8 Å². The number of carbonyl (C=O) groups excluding carboxylic acids is 2. The monoisotopic (exact) mass is 453 g/mol. The Balaban J connectivity index is 1.62. The maximum Gasteiger partial charge on any atom is 0.338 e. The number of hydrogen-bond acceptors (Lipinski definition) is 6. The zero-order valence-corrected chi connectivity index (χ0v) is 18.7. The number of esters is 1. The van der Waals surface area contributed by atoms with Gasteiger partial charge < -0.3 is 15.0 Å². The third kappa shape index (κ3) is 4.41. The van der Waals surface area contributed by atoms with E-state index in [0.29, 0.717) is 17.0 Å². The highest BCUT2D eigenvalue weighted by Gasteiger charge is 2.37. The molecule has 2 aromatic rings. The average molecular weight is 454 g/mol. The molecule has 1 amide bonds. The zero-order valence-electron chi connectivity index (χ0n) is 17.9. The maximum atomic E-state index is 13.9. The largest absolute Gasteiger partial charge is 0.463 e. The van der Waals surface area contributed by atoms with Crippen molar-refractivity contribution in [3.8, 4) is 0 Å². The summed E-state index contributed by atoms with van der Waals surface area (Å²) in [7, 11) is 0. The normalized spacial score (nSPS) is 18.0. The van der Waals surface area contributed by atoms with Crippen LogP contribution in [0.3, 0.4) is 0 Å². The maximum absolute atomic E-state index is 13.9. The van der Waals surface area contributed by atoms with Crippen LogP contribution < -0.4 is 5.32 Å². The number of nitrogens with zero attached hydrogens (tertiary/aromatic N) is 2. The van der Waals surface area contributed by atoms with E-state index in [-0.39, 0.29) is 24.2 Å². The van der Waals surface area contributed by atoms with Gasteiger partial charge in [-0.15, -0.1) is 0 Å². The van der Waals surface area contributed by atoms with E-state index in [1.807, 2.05) is 19.1 Å². The second-order valence-electron chi connectivity index (χ2n) is 7.47. The summed E-state index contributed by atoms with van der Waals surface area (Å²) in [6.07, 6.45) is 0.992. The van der Waals surface area contributed by atoms with Crippen LogP contribution in [-0.2, 0) is 9.53 Å². The van der Waals surface area contributed by atoms with Crippen molar-refractivity contribution in [3.63, 3.8) is 0 Å². The van der Waals surface area contributed by atoms with E-state index in [0.717, 1.165) is 29.4 Å². The summed E-state index contributed by atoms with van der Waals surface area (Å²) < 4.78 is 19.2. The summed E-state index contributed by atoms with van der Waals surface area (Å²) in [5, 5.41) is 3.63. The summed E-state index contributed by atoms with van der Waals surface area (Å²) in [4.78, 5) is 32.0. The number of rotatable bonds is 5. The number of fused-ring (bicyclic) bond motifs is 1. The molecule has 4 rings (SSSR count). The minimum Gasteiger partial charge on any atom is -0.463 e. The van der Waals surface area contributed by atoms with Gasteiger partial charge in [0.05, 0.1) is 29.5 Å². The molecule has 1 atom stereocenters. The third-order valence-corrected chi connectivity index (χ3v) is 6.43. The number of carbonyl (C=O) groups is 2. The van der Waals surface area contributed by atoms with Gasteiger partial charge in [0.25, 0.3) is 5.91 Å². The molecule has 2 aromatic carbocycles. The highest BCUT2D eigenvalue weighted by atomic mass is 32.2. The molecule has 0 aromatic heterocycles. The number of amides is 1. The second-order valence-corrected chi connectivity index (χ2v) is 8.53. The lowest BCUT2D eigenvalue weighted by Crippen LogP contribution is -2.42. The number of allylic oxidation sites excluding steroid dienone is 1. The fraction of sp³-hybridized carbons (Fsp3) is 0.292. The van der Waals surface area contributed by atoms with Crippen molar-refractivity contribution in [1.29, 1.82) is 0 Å². The van der Waals surface area contributed by atoms with Crippen LogP contribution in [0.4, 0.5) is 10.1 Å². The van der Waals surface area contributed by atoms with Crippen LogP contribution in [0.2, 0.25) is 0 Å². The van der Waals surface area contributed by atoms with Gasteiger partial charge in [-0.3, -0.25) is 4.79 Å². The molecule has 0 bridgehead atoms. The van der Waals surface area contributed by atoms with E-state index in [4.69, 9.17) is 4.74 Å². The molecule has 0 radical (unpaired) electrons. The minimum atomic E-state index is -0.571. The molecule has 1 fully saturated rings. The van der Waals surface area contributed by atoms with Crippen molar-refractivity contribution in [2.75, 3.05) is 24.2 Å². The number of hydrogen-bond donors (Lipinski definition) is 1. The topological polar surface area (TPSA) is 71.0 Å². The first-order valence-electron chi connectivity index (χ1n) is 10.5. The van der Waals surface area contributed by atoms with Gasteiger partial charge in [0.15, 0.2) is 5.17 Å². The number of halogens is 1. The van der Waals surface area contributed by atoms with Crippen molar-refractivity contribution in [2.24, 2.45) is 4.99 Å². The van der Waals surface area contributed by atoms with Crippen LogP contribution in [0, 0.1) is 5.82 Å². The van der Waals surface area contributed by atoms with Gasteiger partial charge in [0.2, 0.25) is 0 Å². The summed E-state index contributed by atoms with van der Waals surface area (Å²) in [5.74, 6) is -0.466. The lowest BCUT2D eigenvalue weighted by molar-refractivity contribution is -0.139. The summed E-state index contributed by atoms with van der Waals surface area (Å²) in [5.41, 5.74) is 2.61. The van der Waals surface area contributed by atoms with E-state index >= 15 is 0 Å². The molecule has 6 nitrogen and oxygen atoms in total. The molecular formula is C24H24FN3O3S. The lowest BCUT2D eigenvalue weighted by Gasteiger charge is -2.40. The lowest BCUT2D eigenvalue weighted by atomic mass is 9.94. The number of benzene rings is 2. The molecule has 1 saturated heterocycles. The first-order chi connectivity index (χ1) is 15.5. The molecule has 0 aliphatic carbocycles. The molecule has 166 valence electrons. The molecule has 32 heavy (non-hydrogen) atoms. The highest BCUT2D eigenvalue weighted by molar-refractivity contribution is 8.13. The van der Waals surface area contributed by atoms with Crippen LogP contribution in [-0.4, -0.2) is 40.8 Å². The number of aliphatic imine (C=N–C) groups is 1. The summed E-state index contributed by atoms with van der Waals surface area (Å²) in [6.45, 7) is 4.69. The van der Waals surface area contributed by atoms with E-state index in [1.54, 1.807) is 36.9 Å². The standard InChI is InChI=1S/C24H24FN3O3S/c1-3-31-23(30)20-15(2)26-24-28(13-6-14-32-24)21(20)16-9-11-17(12-10-16)27-22(29)18-7-4-5-8-19(18)25/h4-5,7-12,21H,3,6,13-14H2,1-2H3,(H,27,29). The quantitative estimate of drug-likeness (QED) is 0.661. The molecule has 0 saturated carbocycles. The van der Waals surface area contributed by atoms with Crippen molar-refractivity contribution >= 4 is 34.5 Å². The molecule has 1 N–H and O–H groups in total. The van der Waals surface area contributed by atoms with Crippen LogP contribution in [0.25, 0.3) is 0 Å². The number of amidine groups is 1. The van der Waals surface area contributed by atoms with Gasteiger partial charge in [0.1, 0.15) is 5.82 Å². The smallest absolute Gasteiger partial charge is 0.338 e. The Hall–Kier alpha value is -3.13. The van der Waals surface area contributed by atoms with Gasteiger partial charge in [-0.05, 0) is 50.1 Å². The average Bonchev–Trinajstić information content (AvgIpc) is 2.79. The zero-order chi connectivity index (χ0) is 22.7. The predicted octanol–water partition coefficient (Wildman–Crippen LogP) is 4.76. The Morgan fingerprint density at radius 1 is 1.22 bits per heavy atom. The molecule has 2 aliphatic heterocycles. The number of anilines is 1. The van der Waals surface area contributed by atoms with E-state index in [9.17, 15) is 14.0 Å². The second kappa shape index (κ2) is 9.56. The Morgan fingerprint density at radius 3 is 2.69 bits per heavy atom. The van der Waals surface area contributed by atoms with Crippen molar-refractivity contribution in [2.45, 2.75) is 26.3 Å². The Bertz CT molecular complexity index is 1100. The minimum absolute atomic E-state index is 0.0155. The van der Waals surface area contributed by atoms with Gasteiger partial charge in [-0.2, -0.15) is 0 Å². The molecule has 0 spiro atoms. The number of thioether (sulfide) groups is 1. The van der Waals surface area contributed by atoms with Crippen LogP contribution in [0.5, 0.6) is 0 Å². The van der Waals surface area contributed by atoms with Crippen LogP contribution in [0.1, 0.15) is 42.2 Å². The van der Waals surface area contributed by atoms with Gasteiger partial charge >= 0.3 is 5.97 Å². The highest BCUT2D eigenvalue weighted by Crippen LogP contribution is 2.40. The molecule has 1 unspecified atom stereocenters. The molecule has 2 heterocycles. The van der Waals surface area contributed by atoms with Gasteiger partial charge in [-0.1, -0.05) is 36.0 Å². The van der Waals surface area contributed by atoms with E-state index < -0.39 is 11.7 Å². The van der Waals surface area contributed by atoms with Crippen molar-refractivity contribution < 1.29 is 18.7 Å². The Labute approximate surface area is 190 Å². The third-order valence-electron chi connectivity index (χ3n) is 5.36. The summed E-state index contributed by atoms with van der Waals surface area (Å²) >= 11 is 1.68. The first-order valence-corrected chi connectivity index (χ1v) is 11.5. The SMILES string of the molecule is CCOC(=O)C1=C(C)N=C2SCCCN2C1c1ccc(NC(=O)c2ccccc2F)cc1. The van der Waals surface area contributed by atoms with Crippen LogP contribution in [0.15, 0.2) is 64.8 Å². The predicted molar refractivity (Wildman–Crippen MR) is 124 cm³/mol. The van der Waals surface area contributed by atoms with Gasteiger partial charge in [0, 0.05) is 18.0 Å². The Kier molecular flexibility index (Phi) is 6.60. The number of nitrogens with one attached hydrogen (secondary N) is 1. The fourth-order valence-corrected chi connectivity index (χ4v) is 4.90. The molecular weight excluding hydrogens is 429 g/mol. The van der Waals surface area contributed by atoms with Crippen molar-refractivity contribution in [3.05, 3.63) is 76.7 Å².